The average Bonchev–Trinajstić information content (AvgIpc) is 2.21. The fourth-order valence-electron chi connectivity index (χ4n) is 1.96. The second-order valence-corrected chi connectivity index (χ2v) is 4.85. The summed E-state index contributed by atoms with van der Waals surface area (Å²) in [7, 11) is 3.51. The molecule has 88 valence electrons. The largest absolute Gasteiger partial charge is 0.381 e. The molecule has 3 atom stereocenters. The lowest BCUT2D eigenvalue weighted by Gasteiger charge is -2.51. The Bertz CT molecular complexity index is 241. The number of nitrogens with one attached hydrogen (secondary N) is 2. The maximum atomic E-state index is 11.6. The van der Waals surface area contributed by atoms with Gasteiger partial charge >= 0.3 is 0 Å². The number of likely N-dealkylation sites (N-methyl/N-ethyl adjacent to an activating group) is 1. The summed E-state index contributed by atoms with van der Waals surface area (Å²) in [5.74, 6) is 0.0603. The fourth-order valence-corrected chi connectivity index (χ4v) is 1.96. The van der Waals surface area contributed by atoms with Gasteiger partial charge in [0.05, 0.1) is 12.1 Å². The molecule has 2 N–H and O–H groups in total. The highest BCUT2D eigenvalue weighted by atomic mass is 16.5. The van der Waals surface area contributed by atoms with Gasteiger partial charge < -0.3 is 15.4 Å². The van der Waals surface area contributed by atoms with Crippen molar-refractivity contribution in [3.05, 3.63) is 0 Å². The summed E-state index contributed by atoms with van der Waals surface area (Å²) in [5.41, 5.74) is 0.0396. The summed E-state index contributed by atoms with van der Waals surface area (Å²) < 4.78 is 5.33. The summed E-state index contributed by atoms with van der Waals surface area (Å²) >= 11 is 0. The first-order valence-corrected chi connectivity index (χ1v) is 5.44. The van der Waals surface area contributed by atoms with Crippen LogP contribution in [-0.4, -0.2) is 38.3 Å². The summed E-state index contributed by atoms with van der Waals surface area (Å²) in [4.78, 5) is 11.6. The Morgan fingerprint density at radius 2 is 2.13 bits per heavy atom. The molecule has 4 nitrogen and oxygen atoms in total. The highest BCUT2D eigenvalue weighted by Gasteiger charge is 2.49. The number of amides is 1. The summed E-state index contributed by atoms with van der Waals surface area (Å²) in [6.07, 6.45) is 1.17. The van der Waals surface area contributed by atoms with Crippen molar-refractivity contribution >= 4 is 5.91 Å². The van der Waals surface area contributed by atoms with Gasteiger partial charge in [-0.15, -0.1) is 0 Å². The molecule has 0 heterocycles. The van der Waals surface area contributed by atoms with E-state index in [1.165, 1.54) is 0 Å². The molecule has 0 aromatic rings. The molecular weight excluding hydrogens is 192 g/mol. The molecule has 1 aliphatic rings. The number of methoxy groups -OCH3 is 1. The SMILES string of the molecule is CNC(C)C(=O)NC1CC(OC)C1(C)C. The Morgan fingerprint density at radius 3 is 2.53 bits per heavy atom. The van der Waals surface area contributed by atoms with Gasteiger partial charge in [0.1, 0.15) is 0 Å². The molecule has 0 aliphatic heterocycles. The minimum Gasteiger partial charge on any atom is -0.381 e. The average molecular weight is 214 g/mol. The Kier molecular flexibility index (Phi) is 3.73. The predicted octanol–water partition coefficient (Wildman–Crippen LogP) is 0.524. The molecule has 0 aromatic carbocycles. The maximum Gasteiger partial charge on any atom is 0.237 e. The van der Waals surface area contributed by atoms with Crippen molar-refractivity contribution in [2.75, 3.05) is 14.2 Å². The van der Waals surface area contributed by atoms with Crippen molar-refractivity contribution in [2.45, 2.75) is 45.4 Å². The fraction of sp³-hybridized carbons (Fsp3) is 0.909. The zero-order chi connectivity index (χ0) is 11.6. The first kappa shape index (κ1) is 12.5. The van der Waals surface area contributed by atoms with Gasteiger partial charge in [-0.3, -0.25) is 4.79 Å². The normalized spacial score (nSPS) is 30.5. The lowest BCUT2D eigenvalue weighted by atomic mass is 9.64. The van der Waals surface area contributed by atoms with Crippen molar-refractivity contribution < 1.29 is 9.53 Å². The van der Waals surface area contributed by atoms with Gasteiger partial charge in [0.15, 0.2) is 0 Å². The third kappa shape index (κ3) is 2.32. The van der Waals surface area contributed by atoms with Crippen molar-refractivity contribution in [1.29, 1.82) is 0 Å². The molecule has 0 radical (unpaired) electrons. The molecule has 1 fully saturated rings. The van der Waals surface area contributed by atoms with Gasteiger partial charge in [0.25, 0.3) is 0 Å². The van der Waals surface area contributed by atoms with Crippen LogP contribution in [0.5, 0.6) is 0 Å². The summed E-state index contributed by atoms with van der Waals surface area (Å²) in [6.45, 7) is 6.11. The third-order valence-corrected chi connectivity index (χ3v) is 3.61. The monoisotopic (exact) mass is 214 g/mol. The standard InChI is InChI=1S/C11H22N2O2/c1-7(12-4)10(14)13-8-6-9(15-5)11(8,2)3/h7-9,12H,6H2,1-5H3,(H,13,14). The first-order chi connectivity index (χ1) is 6.93. The van der Waals surface area contributed by atoms with Crippen LogP contribution in [0.25, 0.3) is 0 Å². The molecule has 1 aliphatic carbocycles. The van der Waals surface area contributed by atoms with Crippen molar-refractivity contribution in [3.8, 4) is 0 Å². The van der Waals surface area contributed by atoms with Crippen LogP contribution in [0.2, 0.25) is 0 Å². The molecule has 0 spiro atoms. The van der Waals surface area contributed by atoms with Crippen LogP contribution >= 0.6 is 0 Å². The van der Waals surface area contributed by atoms with Crippen LogP contribution in [0.1, 0.15) is 27.2 Å². The van der Waals surface area contributed by atoms with Crippen molar-refractivity contribution in [3.63, 3.8) is 0 Å². The first-order valence-electron chi connectivity index (χ1n) is 5.44. The van der Waals surface area contributed by atoms with Crippen LogP contribution in [0.3, 0.4) is 0 Å². The van der Waals surface area contributed by atoms with Crippen LogP contribution in [0.15, 0.2) is 0 Å². The summed E-state index contributed by atoms with van der Waals surface area (Å²) in [5, 5.41) is 5.97. The van der Waals surface area contributed by atoms with E-state index in [-0.39, 0.29) is 29.5 Å². The third-order valence-electron chi connectivity index (χ3n) is 3.61. The van der Waals surface area contributed by atoms with E-state index in [2.05, 4.69) is 24.5 Å². The zero-order valence-corrected chi connectivity index (χ0v) is 10.3. The van der Waals surface area contributed by atoms with Crippen LogP contribution < -0.4 is 10.6 Å². The van der Waals surface area contributed by atoms with Gasteiger partial charge in [0.2, 0.25) is 5.91 Å². The van der Waals surface area contributed by atoms with Gasteiger partial charge in [-0.25, -0.2) is 0 Å². The molecule has 1 rings (SSSR count). The van der Waals surface area contributed by atoms with E-state index >= 15 is 0 Å². The highest BCUT2D eigenvalue weighted by Crippen LogP contribution is 2.42. The highest BCUT2D eigenvalue weighted by molar-refractivity contribution is 5.81. The predicted molar refractivity (Wildman–Crippen MR) is 59.6 cm³/mol. The lowest BCUT2D eigenvalue weighted by molar-refractivity contribution is -0.134. The molecule has 1 saturated carbocycles. The number of rotatable bonds is 4. The van der Waals surface area contributed by atoms with Gasteiger partial charge in [-0.05, 0) is 20.4 Å². The number of carbonyl (C=O) groups is 1. The van der Waals surface area contributed by atoms with Crippen LogP contribution in [-0.2, 0) is 9.53 Å². The zero-order valence-electron chi connectivity index (χ0n) is 10.3. The van der Waals surface area contributed by atoms with E-state index in [9.17, 15) is 4.79 Å². The maximum absolute atomic E-state index is 11.6. The minimum absolute atomic E-state index is 0.0396. The van der Waals surface area contributed by atoms with Crippen molar-refractivity contribution in [1.82, 2.24) is 10.6 Å². The molecule has 3 unspecified atom stereocenters. The van der Waals surface area contributed by atoms with E-state index in [0.29, 0.717) is 0 Å². The van der Waals surface area contributed by atoms with E-state index < -0.39 is 0 Å². The van der Waals surface area contributed by atoms with Crippen molar-refractivity contribution in [2.24, 2.45) is 5.41 Å². The van der Waals surface area contributed by atoms with Crippen LogP contribution in [0.4, 0.5) is 0 Å². The molecule has 0 bridgehead atoms. The second-order valence-electron chi connectivity index (χ2n) is 4.85. The molecule has 0 aromatic heterocycles. The number of hydrogen-bond donors (Lipinski definition) is 2. The number of carbonyl (C=O) groups excluding carboxylic acids is 1. The topological polar surface area (TPSA) is 50.4 Å². The summed E-state index contributed by atoms with van der Waals surface area (Å²) in [6, 6.07) is 0.0909. The number of ether oxygens (including phenoxy) is 1. The molecule has 1 amide bonds. The van der Waals surface area contributed by atoms with Gasteiger partial charge in [-0.1, -0.05) is 13.8 Å². The Hall–Kier alpha value is -0.610. The molecule has 0 saturated heterocycles. The Morgan fingerprint density at radius 1 is 1.53 bits per heavy atom. The number of hydrogen-bond acceptors (Lipinski definition) is 3. The smallest absolute Gasteiger partial charge is 0.237 e. The lowest BCUT2D eigenvalue weighted by Crippen LogP contribution is -2.63. The van der Waals surface area contributed by atoms with E-state index in [1.807, 2.05) is 6.92 Å². The van der Waals surface area contributed by atoms with Gasteiger partial charge in [-0.2, -0.15) is 0 Å². The minimum atomic E-state index is -0.137. The molecule has 15 heavy (non-hydrogen) atoms. The molecular formula is C11H22N2O2. The second kappa shape index (κ2) is 4.49. The Balaban J connectivity index is 2.46. The quantitative estimate of drug-likeness (QED) is 0.717. The molecule has 4 heteroatoms. The van der Waals surface area contributed by atoms with E-state index in [0.717, 1.165) is 6.42 Å². The van der Waals surface area contributed by atoms with E-state index in [1.54, 1.807) is 14.2 Å². The Labute approximate surface area is 91.8 Å². The van der Waals surface area contributed by atoms with E-state index in [4.69, 9.17) is 4.74 Å². The van der Waals surface area contributed by atoms with Crippen LogP contribution in [0, 0.1) is 5.41 Å². The van der Waals surface area contributed by atoms with Gasteiger partial charge in [0, 0.05) is 18.6 Å².